The minimum absolute atomic E-state index is 0.300. The Balaban J connectivity index is 1.93. The van der Waals surface area contributed by atoms with Crippen molar-refractivity contribution in [1.29, 1.82) is 0 Å². The molecule has 0 bridgehead atoms. The highest BCUT2D eigenvalue weighted by Gasteiger charge is 2.30. The summed E-state index contributed by atoms with van der Waals surface area (Å²) in [5.74, 6) is 0.266. The lowest BCUT2D eigenvalue weighted by atomic mass is 10.0. The highest BCUT2D eigenvalue weighted by Crippen LogP contribution is 2.36. The van der Waals surface area contributed by atoms with Gasteiger partial charge in [-0.15, -0.1) is 0 Å². The minimum Gasteiger partial charge on any atom is -0.493 e. The second-order valence-corrected chi connectivity index (χ2v) is 8.10. The molecule has 3 aromatic carbocycles. The highest BCUT2D eigenvalue weighted by atomic mass is 19.4. The number of rotatable bonds is 10. The molecule has 0 aliphatic carbocycles. The van der Waals surface area contributed by atoms with Crippen molar-refractivity contribution < 1.29 is 31.8 Å². The molecule has 1 amide bonds. The number of hydrogen-bond acceptors (Lipinski definition) is 4. The molecule has 0 fully saturated rings. The first-order valence-electron chi connectivity index (χ1n) is 11.3. The van der Waals surface area contributed by atoms with Crippen LogP contribution >= 0.6 is 0 Å². The van der Waals surface area contributed by atoms with E-state index < -0.39 is 23.6 Å². The monoisotopic (exact) mass is 504 g/mol. The summed E-state index contributed by atoms with van der Waals surface area (Å²) in [6, 6.07) is 15.2. The molecule has 0 unspecified atom stereocenters. The van der Waals surface area contributed by atoms with E-state index in [0.29, 0.717) is 42.1 Å². The lowest BCUT2D eigenvalue weighted by Crippen LogP contribution is -2.40. The van der Waals surface area contributed by atoms with Gasteiger partial charge in [0, 0.05) is 25.3 Å². The number of methoxy groups -OCH3 is 2. The Hall–Kier alpha value is -3.75. The Bertz CT molecular complexity index is 1150. The van der Waals surface area contributed by atoms with Gasteiger partial charge in [-0.3, -0.25) is 4.79 Å². The highest BCUT2D eigenvalue weighted by molar-refractivity contribution is 5.86. The third-order valence-corrected chi connectivity index (χ3v) is 5.84. The molecule has 0 aromatic heterocycles. The van der Waals surface area contributed by atoms with E-state index in [1.54, 1.807) is 30.3 Å². The van der Waals surface area contributed by atoms with Crippen LogP contribution in [0.3, 0.4) is 0 Å². The van der Waals surface area contributed by atoms with Crippen molar-refractivity contribution in [1.82, 2.24) is 5.32 Å². The number of benzene rings is 3. The van der Waals surface area contributed by atoms with Crippen LogP contribution < -0.4 is 19.7 Å². The molecule has 9 heteroatoms. The molecular formula is C27H28F4N2O3. The van der Waals surface area contributed by atoms with Gasteiger partial charge in [0.15, 0.2) is 11.5 Å². The molecule has 1 N–H and O–H groups in total. The number of nitrogens with zero attached hydrogens (tertiary/aromatic N) is 1. The number of carbonyl (C=O) groups excluding carboxylic acids is 1. The standard InChI is InChI=1S/C27H28F4N2O3/c1-32-26(34)25(19-8-12-21(28)13-9-19)33(22-14-15-23(35-2)24(17-22)36-3)16-4-5-18-6-10-20(11-7-18)27(29,30)31/h6-15,17,25H,4-5,16H2,1-3H3,(H,32,34)/t25-/m1/s1. The zero-order chi connectivity index (χ0) is 26.3. The molecule has 5 nitrogen and oxygen atoms in total. The molecule has 0 spiro atoms. The Kier molecular flexibility index (Phi) is 8.79. The van der Waals surface area contributed by atoms with Crippen LogP contribution in [0.15, 0.2) is 66.7 Å². The van der Waals surface area contributed by atoms with Crippen molar-refractivity contribution in [2.75, 3.05) is 32.7 Å². The molecule has 3 rings (SSSR count). The van der Waals surface area contributed by atoms with Gasteiger partial charge in [-0.1, -0.05) is 24.3 Å². The maximum absolute atomic E-state index is 13.6. The van der Waals surface area contributed by atoms with E-state index in [4.69, 9.17) is 9.47 Å². The second-order valence-electron chi connectivity index (χ2n) is 8.10. The van der Waals surface area contributed by atoms with Gasteiger partial charge < -0.3 is 19.7 Å². The van der Waals surface area contributed by atoms with Crippen LogP contribution in [0, 0.1) is 5.82 Å². The molecule has 0 saturated heterocycles. The summed E-state index contributed by atoms with van der Waals surface area (Å²) in [4.78, 5) is 14.9. The van der Waals surface area contributed by atoms with E-state index in [-0.39, 0.29) is 5.91 Å². The predicted octanol–water partition coefficient (Wildman–Crippen LogP) is 5.79. The number of carbonyl (C=O) groups is 1. The lowest BCUT2D eigenvalue weighted by molar-refractivity contribution is -0.137. The summed E-state index contributed by atoms with van der Waals surface area (Å²) in [7, 11) is 4.55. The molecule has 0 saturated carbocycles. The first-order valence-corrected chi connectivity index (χ1v) is 11.3. The third-order valence-electron chi connectivity index (χ3n) is 5.84. The molecular weight excluding hydrogens is 476 g/mol. The van der Waals surface area contributed by atoms with Gasteiger partial charge in [0.2, 0.25) is 5.91 Å². The summed E-state index contributed by atoms with van der Waals surface area (Å²) in [6.07, 6.45) is -3.36. The fraction of sp³-hybridized carbons (Fsp3) is 0.296. The fourth-order valence-electron chi connectivity index (χ4n) is 3.98. The topological polar surface area (TPSA) is 50.8 Å². The van der Waals surface area contributed by atoms with Crippen LogP contribution in [-0.2, 0) is 17.4 Å². The van der Waals surface area contributed by atoms with Gasteiger partial charge >= 0.3 is 6.18 Å². The van der Waals surface area contributed by atoms with Crippen molar-refractivity contribution in [3.63, 3.8) is 0 Å². The average molecular weight is 505 g/mol. The van der Waals surface area contributed by atoms with Crippen LogP contribution in [-0.4, -0.2) is 33.7 Å². The Morgan fingerprint density at radius 1 is 0.944 bits per heavy atom. The number of nitrogens with one attached hydrogen (secondary N) is 1. The normalized spacial score (nSPS) is 12.1. The van der Waals surface area contributed by atoms with E-state index >= 15 is 0 Å². The van der Waals surface area contributed by atoms with Gasteiger partial charge in [0.05, 0.1) is 19.8 Å². The van der Waals surface area contributed by atoms with Gasteiger partial charge in [-0.25, -0.2) is 4.39 Å². The molecule has 0 aliphatic rings. The smallest absolute Gasteiger partial charge is 0.416 e. The summed E-state index contributed by atoms with van der Waals surface area (Å²) in [5, 5.41) is 2.67. The van der Waals surface area contributed by atoms with Crippen molar-refractivity contribution in [3.8, 4) is 11.5 Å². The van der Waals surface area contributed by atoms with Gasteiger partial charge in [-0.2, -0.15) is 13.2 Å². The number of likely N-dealkylation sites (N-methyl/N-ethyl adjacent to an activating group) is 1. The van der Waals surface area contributed by atoms with Crippen LogP contribution in [0.25, 0.3) is 0 Å². The predicted molar refractivity (Wildman–Crippen MR) is 130 cm³/mol. The quantitative estimate of drug-likeness (QED) is 0.355. The number of alkyl halides is 3. The van der Waals surface area contributed by atoms with E-state index in [0.717, 1.165) is 17.7 Å². The lowest BCUT2D eigenvalue weighted by Gasteiger charge is -2.33. The average Bonchev–Trinajstić information content (AvgIpc) is 2.88. The second kappa shape index (κ2) is 11.8. The molecule has 0 heterocycles. The van der Waals surface area contributed by atoms with E-state index in [2.05, 4.69) is 5.32 Å². The van der Waals surface area contributed by atoms with E-state index in [1.165, 1.54) is 45.5 Å². The first kappa shape index (κ1) is 26.8. The zero-order valence-electron chi connectivity index (χ0n) is 20.2. The van der Waals surface area contributed by atoms with E-state index in [1.807, 2.05) is 4.90 Å². The number of aryl methyl sites for hydroxylation is 1. The van der Waals surface area contributed by atoms with Gasteiger partial charge in [-0.05, 0) is 60.4 Å². The van der Waals surface area contributed by atoms with Crippen molar-refractivity contribution in [2.24, 2.45) is 0 Å². The molecule has 0 aliphatic heterocycles. The number of halogens is 4. The summed E-state index contributed by atoms with van der Waals surface area (Å²) in [5.41, 5.74) is 1.29. The summed E-state index contributed by atoms with van der Waals surface area (Å²) >= 11 is 0. The Morgan fingerprint density at radius 3 is 2.14 bits per heavy atom. The summed E-state index contributed by atoms with van der Waals surface area (Å²) < 4.78 is 63.0. The minimum atomic E-state index is -4.39. The number of amides is 1. The van der Waals surface area contributed by atoms with Crippen LogP contribution in [0.2, 0.25) is 0 Å². The Morgan fingerprint density at radius 2 is 1.58 bits per heavy atom. The Labute approximate surface area is 207 Å². The van der Waals surface area contributed by atoms with Crippen LogP contribution in [0.1, 0.15) is 29.2 Å². The SMILES string of the molecule is CNC(=O)[C@@H](c1ccc(F)cc1)N(CCCc1ccc(C(F)(F)F)cc1)c1ccc(OC)c(OC)c1. The van der Waals surface area contributed by atoms with E-state index in [9.17, 15) is 22.4 Å². The maximum Gasteiger partial charge on any atom is 0.416 e. The first-order chi connectivity index (χ1) is 17.2. The molecule has 3 aromatic rings. The van der Waals surface area contributed by atoms with Gasteiger partial charge in [0.25, 0.3) is 0 Å². The van der Waals surface area contributed by atoms with Crippen molar-refractivity contribution in [2.45, 2.75) is 25.1 Å². The fourth-order valence-corrected chi connectivity index (χ4v) is 3.98. The van der Waals surface area contributed by atoms with Crippen LogP contribution in [0.4, 0.5) is 23.2 Å². The molecule has 0 radical (unpaired) electrons. The van der Waals surface area contributed by atoms with Crippen molar-refractivity contribution in [3.05, 3.63) is 89.2 Å². The van der Waals surface area contributed by atoms with Crippen LogP contribution in [0.5, 0.6) is 11.5 Å². The van der Waals surface area contributed by atoms with Crippen molar-refractivity contribution >= 4 is 11.6 Å². The maximum atomic E-state index is 13.6. The number of hydrogen-bond donors (Lipinski definition) is 1. The summed E-state index contributed by atoms with van der Waals surface area (Å²) in [6.45, 7) is 0.381. The largest absolute Gasteiger partial charge is 0.493 e. The molecule has 192 valence electrons. The zero-order valence-corrected chi connectivity index (χ0v) is 20.2. The number of anilines is 1. The van der Waals surface area contributed by atoms with Gasteiger partial charge in [0.1, 0.15) is 11.9 Å². The molecule has 36 heavy (non-hydrogen) atoms. The molecule has 1 atom stereocenters. The third kappa shape index (κ3) is 6.47. The number of ether oxygens (including phenoxy) is 2.